The highest BCUT2D eigenvalue weighted by molar-refractivity contribution is 6.30. The zero-order valence-corrected chi connectivity index (χ0v) is 12.0. The van der Waals surface area contributed by atoms with E-state index in [1.165, 1.54) is 25.3 Å². The van der Waals surface area contributed by atoms with Gasteiger partial charge in [-0.05, 0) is 24.6 Å². The van der Waals surface area contributed by atoms with Crippen molar-refractivity contribution >= 4 is 29.4 Å². The van der Waals surface area contributed by atoms with Gasteiger partial charge in [0.2, 0.25) is 5.91 Å². The Bertz CT molecular complexity index is 561. The molecule has 0 saturated heterocycles. The molecule has 0 unspecified atom stereocenters. The van der Waals surface area contributed by atoms with Gasteiger partial charge in [-0.25, -0.2) is 4.79 Å². The third kappa shape index (κ3) is 4.96. The van der Waals surface area contributed by atoms with Crippen LogP contribution in [0.5, 0.6) is 5.75 Å². The Balaban J connectivity index is 2.86. The Kier molecular flexibility index (Phi) is 5.98. The molecule has 4 N–H and O–H groups in total. The van der Waals surface area contributed by atoms with Crippen LogP contribution in [0.4, 0.5) is 0 Å². The van der Waals surface area contributed by atoms with E-state index < -0.39 is 23.8 Å². The van der Waals surface area contributed by atoms with Crippen molar-refractivity contribution in [3.63, 3.8) is 0 Å². The Morgan fingerprint density at radius 1 is 1.43 bits per heavy atom. The lowest BCUT2D eigenvalue weighted by molar-refractivity contribution is -0.139. The van der Waals surface area contributed by atoms with E-state index in [9.17, 15) is 14.4 Å². The summed E-state index contributed by atoms with van der Waals surface area (Å²) in [7, 11) is 1.37. The standard InChI is InChI=1S/C13H15ClN2O5/c1-21-10-6-7(14)2-3-8(10)12(18)16-9(13(19)20)4-5-11(15)17/h2-3,6,9H,4-5H2,1H3,(H2,15,17)(H,16,18)(H,19,20)/t9-/m1/s1. The number of carboxylic acid groups (broad SMARTS) is 1. The van der Waals surface area contributed by atoms with Gasteiger partial charge in [-0.2, -0.15) is 0 Å². The Labute approximate surface area is 126 Å². The zero-order valence-electron chi connectivity index (χ0n) is 11.3. The van der Waals surface area contributed by atoms with Crippen LogP contribution >= 0.6 is 11.6 Å². The third-order valence-electron chi connectivity index (χ3n) is 2.69. The molecule has 0 aliphatic carbocycles. The van der Waals surface area contributed by atoms with Crippen molar-refractivity contribution in [3.8, 4) is 5.75 Å². The quantitative estimate of drug-likeness (QED) is 0.687. The number of hydrogen-bond acceptors (Lipinski definition) is 4. The van der Waals surface area contributed by atoms with Gasteiger partial charge in [0.15, 0.2) is 0 Å². The van der Waals surface area contributed by atoms with Gasteiger partial charge in [0.25, 0.3) is 5.91 Å². The minimum atomic E-state index is -1.25. The molecule has 1 aromatic carbocycles. The highest BCUT2D eigenvalue weighted by Gasteiger charge is 2.22. The number of rotatable bonds is 7. The minimum absolute atomic E-state index is 0.0910. The molecule has 0 fully saturated rings. The fourth-order valence-corrected chi connectivity index (χ4v) is 1.79. The van der Waals surface area contributed by atoms with Gasteiger partial charge >= 0.3 is 5.97 Å². The van der Waals surface area contributed by atoms with E-state index in [0.29, 0.717) is 5.02 Å². The molecule has 1 atom stereocenters. The number of hydrogen-bond donors (Lipinski definition) is 3. The van der Waals surface area contributed by atoms with E-state index in [4.69, 9.17) is 27.2 Å². The number of amides is 2. The highest BCUT2D eigenvalue weighted by atomic mass is 35.5. The molecule has 0 aromatic heterocycles. The lowest BCUT2D eigenvalue weighted by atomic mass is 10.1. The molecule has 0 aliphatic rings. The van der Waals surface area contributed by atoms with Gasteiger partial charge in [-0.15, -0.1) is 0 Å². The molecule has 0 bridgehead atoms. The molecule has 0 saturated carbocycles. The number of nitrogens with one attached hydrogen (secondary N) is 1. The SMILES string of the molecule is COc1cc(Cl)ccc1C(=O)N[C@H](CCC(N)=O)C(=O)O. The summed E-state index contributed by atoms with van der Waals surface area (Å²) in [6, 6.07) is 3.13. The van der Waals surface area contributed by atoms with E-state index >= 15 is 0 Å². The van der Waals surface area contributed by atoms with Crippen molar-refractivity contribution in [1.29, 1.82) is 0 Å². The minimum Gasteiger partial charge on any atom is -0.496 e. The number of nitrogens with two attached hydrogens (primary N) is 1. The van der Waals surface area contributed by atoms with Crippen molar-refractivity contribution in [2.24, 2.45) is 5.73 Å². The van der Waals surface area contributed by atoms with E-state index in [0.717, 1.165) is 0 Å². The van der Waals surface area contributed by atoms with Crippen molar-refractivity contribution in [2.75, 3.05) is 7.11 Å². The number of benzene rings is 1. The molecule has 1 rings (SSSR count). The molecule has 0 aliphatic heterocycles. The number of carbonyl (C=O) groups is 3. The number of primary amides is 1. The molecule has 7 nitrogen and oxygen atoms in total. The summed E-state index contributed by atoms with van der Waals surface area (Å²) in [6.07, 6.45) is -0.235. The number of carboxylic acids is 1. The number of ether oxygens (including phenoxy) is 1. The van der Waals surface area contributed by atoms with Gasteiger partial charge in [0.1, 0.15) is 11.8 Å². The maximum atomic E-state index is 12.1. The zero-order chi connectivity index (χ0) is 16.0. The Morgan fingerprint density at radius 2 is 2.10 bits per heavy atom. The second-order valence-electron chi connectivity index (χ2n) is 4.21. The molecule has 0 heterocycles. The van der Waals surface area contributed by atoms with Gasteiger partial charge in [0.05, 0.1) is 12.7 Å². The van der Waals surface area contributed by atoms with Crippen LogP contribution in [-0.4, -0.2) is 36.0 Å². The largest absolute Gasteiger partial charge is 0.496 e. The first-order valence-corrected chi connectivity index (χ1v) is 6.38. The van der Waals surface area contributed by atoms with E-state index in [1.54, 1.807) is 0 Å². The smallest absolute Gasteiger partial charge is 0.326 e. The summed E-state index contributed by atoms with van der Waals surface area (Å²) in [5.74, 6) is -2.31. The summed E-state index contributed by atoms with van der Waals surface area (Å²) >= 11 is 5.78. The summed E-state index contributed by atoms with van der Waals surface area (Å²) in [6.45, 7) is 0. The Hall–Kier alpha value is -2.28. The molecule has 0 spiro atoms. The van der Waals surface area contributed by atoms with Crippen LogP contribution in [0.1, 0.15) is 23.2 Å². The van der Waals surface area contributed by atoms with E-state index in [-0.39, 0.29) is 24.2 Å². The number of carbonyl (C=O) groups excluding carboxylic acids is 2. The van der Waals surface area contributed by atoms with Crippen molar-refractivity contribution in [1.82, 2.24) is 5.32 Å². The van der Waals surface area contributed by atoms with Gasteiger partial charge < -0.3 is 20.9 Å². The highest BCUT2D eigenvalue weighted by Crippen LogP contribution is 2.23. The molecular formula is C13H15ClN2O5. The number of methoxy groups -OCH3 is 1. The molecule has 8 heteroatoms. The molecule has 114 valence electrons. The topological polar surface area (TPSA) is 119 Å². The van der Waals surface area contributed by atoms with Crippen molar-refractivity contribution < 1.29 is 24.2 Å². The summed E-state index contributed by atoms with van der Waals surface area (Å²) in [5.41, 5.74) is 5.11. The van der Waals surface area contributed by atoms with Crippen LogP contribution in [0.15, 0.2) is 18.2 Å². The fourth-order valence-electron chi connectivity index (χ4n) is 1.63. The number of aliphatic carboxylic acids is 1. The van der Waals surface area contributed by atoms with Gasteiger partial charge in [-0.1, -0.05) is 11.6 Å². The van der Waals surface area contributed by atoms with Gasteiger partial charge in [-0.3, -0.25) is 9.59 Å². The van der Waals surface area contributed by atoms with Crippen LogP contribution in [-0.2, 0) is 9.59 Å². The molecule has 1 aromatic rings. The fraction of sp³-hybridized carbons (Fsp3) is 0.308. The molecule has 0 radical (unpaired) electrons. The maximum Gasteiger partial charge on any atom is 0.326 e. The van der Waals surface area contributed by atoms with Crippen LogP contribution in [0.3, 0.4) is 0 Å². The molecular weight excluding hydrogens is 300 g/mol. The number of halogens is 1. The normalized spacial score (nSPS) is 11.5. The second kappa shape index (κ2) is 7.49. The van der Waals surface area contributed by atoms with Crippen LogP contribution < -0.4 is 15.8 Å². The van der Waals surface area contributed by atoms with E-state index in [1.807, 2.05) is 0 Å². The summed E-state index contributed by atoms with van der Waals surface area (Å²) in [4.78, 5) is 33.9. The Morgan fingerprint density at radius 3 is 2.62 bits per heavy atom. The first-order chi connectivity index (χ1) is 9.85. The lowest BCUT2D eigenvalue weighted by Gasteiger charge is -2.15. The van der Waals surface area contributed by atoms with Crippen LogP contribution in [0.25, 0.3) is 0 Å². The average molecular weight is 315 g/mol. The average Bonchev–Trinajstić information content (AvgIpc) is 2.42. The summed E-state index contributed by atoms with van der Waals surface area (Å²) < 4.78 is 5.02. The third-order valence-corrected chi connectivity index (χ3v) is 2.93. The monoisotopic (exact) mass is 314 g/mol. The van der Waals surface area contributed by atoms with E-state index in [2.05, 4.69) is 5.32 Å². The first-order valence-electron chi connectivity index (χ1n) is 6.00. The second-order valence-corrected chi connectivity index (χ2v) is 4.65. The molecule has 2 amide bonds. The predicted octanol–water partition coefficient (Wildman–Crippen LogP) is 0.797. The summed E-state index contributed by atoms with van der Waals surface area (Å²) in [5, 5.41) is 11.7. The first kappa shape index (κ1) is 16.8. The van der Waals surface area contributed by atoms with Crippen LogP contribution in [0, 0.1) is 0 Å². The predicted molar refractivity (Wildman–Crippen MR) is 75.3 cm³/mol. The van der Waals surface area contributed by atoms with Crippen molar-refractivity contribution in [2.45, 2.75) is 18.9 Å². The molecule has 21 heavy (non-hydrogen) atoms. The lowest BCUT2D eigenvalue weighted by Crippen LogP contribution is -2.41. The maximum absolute atomic E-state index is 12.1. The van der Waals surface area contributed by atoms with Crippen LogP contribution in [0.2, 0.25) is 5.02 Å². The van der Waals surface area contributed by atoms with Crippen molar-refractivity contribution in [3.05, 3.63) is 28.8 Å². The van der Waals surface area contributed by atoms with Gasteiger partial charge in [0, 0.05) is 11.4 Å².